The van der Waals surface area contributed by atoms with Crippen LogP contribution in [0.4, 0.5) is 0 Å². The van der Waals surface area contributed by atoms with E-state index >= 15 is 0 Å². The van der Waals surface area contributed by atoms with Crippen molar-refractivity contribution in [3.05, 3.63) is 62.6 Å². The van der Waals surface area contributed by atoms with Gasteiger partial charge in [0.25, 0.3) is 0 Å². The summed E-state index contributed by atoms with van der Waals surface area (Å²) < 4.78 is 7.22. The minimum absolute atomic E-state index is 0.0291. The fourth-order valence-electron chi connectivity index (χ4n) is 4.72. The number of nitrogens with zero attached hydrogens (tertiary/aromatic N) is 1. The minimum atomic E-state index is -0.828. The molecule has 1 aliphatic heterocycles. The van der Waals surface area contributed by atoms with E-state index < -0.39 is 12.1 Å². The molecule has 0 unspecified atom stereocenters. The molecule has 1 fully saturated rings. The van der Waals surface area contributed by atoms with Crippen LogP contribution in [0, 0.1) is 11.3 Å². The van der Waals surface area contributed by atoms with Gasteiger partial charge in [-0.05, 0) is 71.4 Å². The first kappa shape index (κ1) is 24.0. The Hall–Kier alpha value is -2.11. The van der Waals surface area contributed by atoms with Crippen LogP contribution in [0.1, 0.15) is 55.3 Å². The van der Waals surface area contributed by atoms with Crippen molar-refractivity contribution < 1.29 is 14.6 Å². The molecule has 3 N–H and O–H groups in total. The number of amides is 1. The molecule has 8 heteroatoms. The standard InChI is InChI=1S/C25H27BrClN3O3/c1-15(31)30-21(9-16-4-2-5-17(8-16)13-28)23(32)14-29-22-12-25(6-3-7-25)33-24-19(22)10-18(27)11-20(24)26/h2,4-5,8,10-11,21-23,29,32H,3,6-7,9,12,14H2,1H3,(H,30,31)/t21-,22-,23+/m0/s1. The lowest BCUT2D eigenvalue weighted by Crippen LogP contribution is -2.52. The summed E-state index contributed by atoms with van der Waals surface area (Å²) in [5.74, 6) is 0.597. The lowest BCUT2D eigenvalue weighted by Gasteiger charge is -2.48. The van der Waals surface area contributed by atoms with Gasteiger partial charge in [-0.2, -0.15) is 5.26 Å². The summed E-state index contributed by atoms with van der Waals surface area (Å²) in [7, 11) is 0. The number of fused-ring (bicyclic) bond motifs is 1. The Balaban J connectivity index is 1.50. The number of aliphatic hydroxyl groups excluding tert-OH is 1. The Bertz CT molecular complexity index is 1080. The van der Waals surface area contributed by atoms with E-state index in [1.807, 2.05) is 24.3 Å². The Labute approximate surface area is 207 Å². The average Bonchev–Trinajstić information content (AvgIpc) is 2.75. The highest BCUT2D eigenvalue weighted by Crippen LogP contribution is 2.51. The van der Waals surface area contributed by atoms with Crippen LogP contribution in [0.15, 0.2) is 40.9 Å². The maximum Gasteiger partial charge on any atom is 0.217 e. The number of hydrogen-bond acceptors (Lipinski definition) is 5. The lowest BCUT2D eigenvalue weighted by atomic mass is 9.73. The Morgan fingerprint density at radius 1 is 1.39 bits per heavy atom. The number of hydrogen-bond donors (Lipinski definition) is 3. The second-order valence-corrected chi connectivity index (χ2v) is 10.3. The molecular weight excluding hydrogens is 506 g/mol. The van der Waals surface area contributed by atoms with Gasteiger partial charge in [0.05, 0.1) is 28.3 Å². The Kier molecular flexibility index (Phi) is 7.30. The second kappa shape index (κ2) is 10.0. The smallest absolute Gasteiger partial charge is 0.217 e. The van der Waals surface area contributed by atoms with Crippen LogP contribution in [0.5, 0.6) is 5.75 Å². The third-order valence-corrected chi connectivity index (χ3v) is 7.32. The van der Waals surface area contributed by atoms with E-state index in [9.17, 15) is 9.90 Å². The monoisotopic (exact) mass is 531 g/mol. The van der Waals surface area contributed by atoms with Gasteiger partial charge in [-0.1, -0.05) is 23.7 Å². The SMILES string of the molecule is CC(=O)N[C@@H](Cc1cccc(C#N)c1)[C@H](O)CN[C@H]1CC2(CCC2)Oc2c(Br)cc(Cl)cc21. The van der Waals surface area contributed by atoms with Crippen molar-refractivity contribution in [3.8, 4) is 11.8 Å². The van der Waals surface area contributed by atoms with Crippen LogP contribution in [0.25, 0.3) is 0 Å². The van der Waals surface area contributed by atoms with Gasteiger partial charge in [0.15, 0.2) is 0 Å². The van der Waals surface area contributed by atoms with Crippen molar-refractivity contribution in [2.75, 3.05) is 6.54 Å². The van der Waals surface area contributed by atoms with Gasteiger partial charge in [0.1, 0.15) is 11.4 Å². The Morgan fingerprint density at radius 2 is 2.18 bits per heavy atom. The normalized spacial score (nSPS) is 20.0. The summed E-state index contributed by atoms with van der Waals surface area (Å²) >= 11 is 9.91. The topological polar surface area (TPSA) is 94.4 Å². The number of aliphatic hydroxyl groups is 1. The number of rotatable bonds is 7. The molecule has 3 atom stereocenters. The molecule has 1 aliphatic carbocycles. The molecule has 174 valence electrons. The Morgan fingerprint density at radius 3 is 2.85 bits per heavy atom. The summed E-state index contributed by atoms with van der Waals surface area (Å²) in [6.45, 7) is 1.72. The highest BCUT2D eigenvalue weighted by molar-refractivity contribution is 9.10. The summed E-state index contributed by atoms with van der Waals surface area (Å²) in [4.78, 5) is 11.8. The molecule has 2 aromatic carbocycles. The molecular formula is C25H27BrClN3O3. The zero-order valence-corrected chi connectivity index (χ0v) is 20.7. The van der Waals surface area contributed by atoms with Crippen molar-refractivity contribution >= 4 is 33.4 Å². The van der Waals surface area contributed by atoms with Crippen LogP contribution < -0.4 is 15.4 Å². The van der Waals surface area contributed by atoms with E-state index in [2.05, 4.69) is 32.6 Å². The number of halogens is 2. The molecule has 2 aliphatic rings. The second-order valence-electron chi connectivity index (χ2n) is 9.00. The maximum absolute atomic E-state index is 11.8. The van der Waals surface area contributed by atoms with Gasteiger partial charge in [-0.3, -0.25) is 4.79 Å². The molecule has 1 heterocycles. The van der Waals surface area contributed by atoms with E-state index in [1.54, 1.807) is 12.1 Å². The van der Waals surface area contributed by atoms with E-state index in [0.717, 1.165) is 47.0 Å². The lowest BCUT2D eigenvalue weighted by molar-refractivity contribution is -0.120. The number of carbonyl (C=O) groups excluding carboxylic acids is 1. The van der Waals surface area contributed by atoms with Crippen LogP contribution in [0.2, 0.25) is 5.02 Å². The van der Waals surface area contributed by atoms with E-state index in [1.165, 1.54) is 6.92 Å². The highest BCUT2D eigenvalue weighted by Gasteiger charge is 2.46. The molecule has 1 saturated carbocycles. The first-order valence-electron chi connectivity index (χ1n) is 11.1. The van der Waals surface area contributed by atoms with Gasteiger partial charge < -0.3 is 20.5 Å². The molecule has 0 bridgehead atoms. The summed E-state index contributed by atoms with van der Waals surface area (Å²) in [5.41, 5.74) is 2.22. The van der Waals surface area contributed by atoms with E-state index in [4.69, 9.17) is 21.6 Å². The third kappa shape index (κ3) is 5.52. The minimum Gasteiger partial charge on any atom is -0.486 e. The van der Waals surface area contributed by atoms with Crippen LogP contribution in [-0.2, 0) is 11.2 Å². The predicted molar refractivity (Wildman–Crippen MR) is 130 cm³/mol. The van der Waals surface area contributed by atoms with Crippen molar-refractivity contribution in [2.45, 2.75) is 62.8 Å². The number of benzene rings is 2. The molecule has 6 nitrogen and oxygen atoms in total. The summed E-state index contributed by atoms with van der Waals surface area (Å²) in [5, 5.41) is 27.2. The molecule has 0 aromatic heterocycles. The molecule has 0 radical (unpaired) electrons. The molecule has 2 aromatic rings. The van der Waals surface area contributed by atoms with Gasteiger partial charge in [0, 0.05) is 36.5 Å². The van der Waals surface area contributed by atoms with Crippen molar-refractivity contribution in [1.29, 1.82) is 5.26 Å². The van der Waals surface area contributed by atoms with Crippen molar-refractivity contribution in [2.24, 2.45) is 0 Å². The van der Waals surface area contributed by atoms with E-state index in [-0.39, 0.29) is 24.1 Å². The van der Waals surface area contributed by atoms with E-state index in [0.29, 0.717) is 17.0 Å². The number of carbonyl (C=O) groups is 1. The molecule has 1 amide bonds. The number of nitriles is 1. The zero-order chi connectivity index (χ0) is 23.6. The highest BCUT2D eigenvalue weighted by atomic mass is 79.9. The van der Waals surface area contributed by atoms with Gasteiger partial charge in [-0.25, -0.2) is 0 Å². The first-order valence-corrected chi connectivity index (χ1v) is 12.3. The fraction of sp³-hybridized carbons (Fsp3) is 0.440. The van der Waals surface area contributed by atoms with Gasteiger partial charge in [0.2, 0.25) is 5.91 Å². The van der Waals surface area contributed by atoms with Gasteiger partial charge >= 0.3 is 0 Å². The largest absolute Gasteiger partial charge is 0.486 e. The maximum atomic E-state index is 11.8. The molecule has 33 heavy (non-hydrogen) atoms. The molecule has 4 rings (SSSR count). The molecule has 0 saturated heterocycles. The number of ether oxygens (including phenoxy) is 1. The van der Waals surface area contributed by atoms with Crippen LogP contribution >= 0.6 is 27.5 Å². The zero-order valence-electron chi connectivity index (χ0n) is 18.4. The van der Waals surface area contributed by atoms with Crippen molar-refractivity contribution in [3.63, 3.8) is 0 Å². The quantitative estimate of drug-likeness (QED) is 0.491. The summed E-state index contributed by atoms with van der Waals surface area (Å²) in [6, 6.07) is 12.6. The third-order valence-electron chi connectivity index (χ3n) is 6.51. The predicted octanol–water partition coefficient (Wildman–Crippen LogP) is 4.42. The summed E-state index contributed by atoms with van der Waals surface area (Å²) in [6.07, 6.45) is 3.55. The average molecular weight is 533 g/mol. The van der Waals surface area contributed by atoms with Crippen molar-refractivity contribution in [1.82, 2.24) is 10.6 Å². The first-order chi connectivity index (χ1) is 15.8. The van der Waals surface area contributed by atoms with Crippen LogP contribution in [-0.4, -0.2) is 35.3 Å². The fourth-order valence-corrected chi connectivity index (χ4v) is 5.63. The number of nitrogens with one attached hydrogen (secondary N) is 2. The molecule has 1 spiro atoms. The van der Waals surface area contributed by atoms with Crippen LogP contribution in [0.3, 0.4) is 0 Å². The van der Waals surface area contributed by atoms with Gasteiger partial charge in [-0.15, -0.1) is 0 Å².